The highest BCUT2D eigenvalue weighted by atomic mass is 32.1. The molecule has 5 heteroatoms. The Labute approximate surface area is 107 Å². The zero-order valence-electron chi connectivity index (χ0n) is 10.8. The van der Waals surface area contributed by atoms with Crippen molar-refractivity contribution in [2.45, 2.75) is 39.4 Å². The van der Waals surface area contributed by atoms with Crippen LogP contribution in [0.15, 0.2) is 10.8 Å². The number of ketones is 1. The molecule has 3 nitrogen and oxygen atoms in total. The first-order valence-corrected chi connectivity index (χ1v) is 10.1. The van der Waals surface area contributed by atoms with Crippen molar-refractivity contribution < 1.29 is 9.58 Å². The van der Waals surface area contributed by atoms with Crippen LogP contribution in [0.25, 0.3) is 5.53 Å². The molecule has 0 spiro atoms. The van der Waals surface area contributed by atoms with Crippen LogP contribution in [0.1, 0.15) is 17.5 Å². The number of thiophene rings is 1. The fourth-order valence-electron chi connectivity index (χ4n) is 1.63. The molecule has 0 fully saturated rings. The molecule has 1 rings (SSSR count). The number of Topliss-reactive ketones (excluding diaryl/α,β-unsaturated/α-hetero) is 1. The summed E-state index contributed by atoms with van der Waals surface area (Å²) >= 11 is 1.66. The van der Waals surface area contributed by atoms with Gasteiger partial charge in [-0.3, -0.25) is 4.79 Å². The Morgan fingerprint density at radius 1 is 1.41 bits per heavy atom. The number of carbonyl (C=O) groups excluding carboxylic acids is 1. The van der Waals surface area contributed by atoms with Crippen molar-refractivity contribution in [3.05, 3.63) is 27.4 Å². The fraction of sp³-hybridized carbons (Fsp3) is 0.500. The second-order valence-corrected chi connectivity index (χ2v) is 10.9. The molecule has 0 saturated heterocycles. The van der Waals surface area contributed by atoms with Gasteiger partial charge in [0.15, 0.2) is 8.07 Å². The number of aryl methyl sites for hydroxylation is 2. The van der Waals surface area contributed by atoms with E-state index in [2.05, 4.69) is 22.5 Å². The molecule has 0 aliphatic heterocycles. The van der Waals surface area contributed by atoms with E-state index in [0.717, 1.165) is 6.42 Å². The van der Waals surface area contributed by atoms with Crippen LogP contribution in [0, 0.1) is 6.92 Å². The van der Waals surface area contributed by atoms with Crippen molar-refractivity contribution in [3.8, 4) is 0 Å². The van der Waals surface area contributed by atoms with E-state index in [4.69, 9.17) is 5.53 Å². The molecule has 0 unspecified atom stereocenters. The van der Waals surface area contributed by atoms with Gasteiger partial charge in [-0.1, -0.05) is 19.6 Å². The Bertz CT molecular complexity index is 467. The van der Waals surface area contributed by atoms with Gasteiger partial charge in [0.05, 0.1) is 0 Å². The van der Waals surface area contributed by atoms with Gasteiger partial charge in [-0.2, -0.15) is 16.1 Å². The zero-order valence-corrected chi connectivity index (χ0v) is 12.6. The zero-order chi connectivity index (χ0) is 13.1. The van der Waals surface area contributed by atoms with Crippen molar-refractivity contribution in [2.24, 2.45) is 0 Å². The summed E-state index contributed by atoms with van der Waals surface area (Å²) in [7, 11) is -1.83. The number of nitrogens with zero attached hydrogens (tertiary/aromatic N) is 2. The largest absolute Gasteiger partial charge is 0.362 e. The standard InChI is InChI=1S/C12H18N2OSSi/c1-9-7-16-8-10(9)5-6-11(15)12(14-13)17(2,3)4/h7-8H,5-6H2,1-4H3. The van der Waals surface area contributed by atoms with Crippen LogP contribution in [0.5, 0.6) is 0 Å². The monoisotopic (exact) mass is 266 g/mol. The molecule has 0 aliphatic rings. The third-order valence-corrected chi connectivity index (χ3v) is 5.37. The number of hydrogen-bond acceptors (Lipinski definition) is 2. The SMILES string of the molecule is Cc1cscc1CCC(=O)C(=[N+]=[N-])[Si](C)(C)C. The summed E-state index contributed by atoms with van der Waals surface area (Å²) in [5.74, 6) is -0.0164. The van der Waals surface area contributed by atoms with Crippen LogP contribution in [0.4, 0.5) is 0 Å². The van der Waals surface area contributed by atoms with E-state index < -0.39 is 8.07 Å². The molecule has 1 aromatic rings. The summed E-state index contributed by atoms with van der Waals surface area (Å²) in [5.41, 5.74) is 11.4. The van der Waals surface area contributed by atoms with E-state index >= 15 is 0 Å². The van der Waals surface area contributed by atoms with Crippen LogP contribution in [0.2, 0.25) is 19.6 Å². The molecule has 92 valence electrons. The summed E-state index contributed by atoms with van der Waals surface area (Å²) in [4.78, 5) is 15.2. The van der Waals surface area contributed by atoms with Crippen LogP contribution < -0.4 is 0 Å². The normalized spacial score (nSPS) is 11.1. The average Bonchev–Trinajstić information content (AvgIpc) is 2.60. The fourth-order valence-corrected chi connectivity index (χ4v) is 3.79. The first kappa shape index (κ1) is 14.0. The maximum absolute atomic E-state index is 12.0. The third kappa shape index (κ3) is 3.73. The Morgan fingerprint density at radius 3 is 2.47 bits per heavy atom. The molecule has 0 bridgehead atoms. The minimum atomic E-state index is -1.83. The van der Waals surface area contributed by atoms with Gasteiger partial charge in [0.25, 0.3) is 5.33 Å². The molecule has 1 heterocycles. The van der Waals surface area contributed by atoms with Crippen molar-refractivity contribution in [1.82, 2.24) is 0 Å². The lowest BCUT2D eigenvalue weighted by molar-refractivity contribution is -0.116. The molecular formula is C12H18N2OSSi. The molecule has 0 aromatic carbocycles. The summed E-state index contributed by atoms with van der Waals surface area (Å²) < 4.78 is 0. The lowest BCUT2D eigenvalue weighted by Gasteiger charge is -2.08. The quantitative estimate of drug-likeness (QED) is 0.350. The molecule has 0 amide bonds. The van der Waals surface area contributed by atoms with Gasteiger partial charge in [-0.05, 0) is 35.2 Å². The van der Waals surface area contributed by atoms with Crippen molar-refractivity contribution >= 4 is 30.5 Å². The highest BCUT2D eigenvalue weighted by Gasteiger charge is 2.35. The topological polar surface area (TPSA) is 53.5 Å². The summed E-state index contributed by atoms with van der Waals surface area (Å²) in [6.45, 7) is 8.08. The average molecular weight is 266 g/mol. The second-order valence-electron chi connectivity index (χ2n) is 5.20. The van der Waals surface area contributed by atoms with E-state index in [0.29, 0.717) is 11.8 Å². The summed E-state index contributed by atoms with van der Waals surface area (Å²) in [5, 5.41) is 4.55. The van der Waals surface area contributed by atoms with Gasteiger partial charge in [0.1, 0.15) is 0 Å². The molecule has 0 saturated carbocycles. The summed E-state index contributed by atoms with van der Waals surface area (Å²) in [6.07, 6.45) is 1.17. The van der Waals surface area contributed by atoms with E-state index in [1.807, 2.05) is 19.6 Å². The minimum Gasteiger partial charge on any atom is -0.362 e. The van der Waals surface area contributed by atoms with Crippen LogP contribution >= 0.6 is 11.3 Å². The molecular weight excluding hydrogens is 248 g/mol. The van der Waals surface area contributed by atoms with Crippen LogP contribution in [0.3, 0.4) is 0 Å². The smallest absolute Gasteiger partial charge is 0.299 e. The highest BCUT2D eigenvalue weighted by Crippen LogP contribution is 2.16. The maximum Gasteiger partial charge on any atom is 0.299 e. The molecule has 17 heavy (non-hydrogen) atoms. The molecule has 0 aliphatic carbocycles. The Hall–Kier alpha value is -1.03. The van der Waals surface area contributed by atoms with Gasteiger partial charge in [0, 0.05) is 6.42 Å². The van der Waals surface area contributed by atoms with Gasteiger partial charge < -0.3 is 5.53 Å². The number of carbonyl (C=O) groups is 1. The first-order valence-electron chi connectivity index (χ1n) is 5.63. The van der Waals surface area contributed by atoms with E-state index in [9.17, 15) is 4.79 Å². The molecule has 1 aromatic heterocycles. The minimum absolute atomic E-state index is 0.0164. The van der Waals surface area contributed by atoms with E-state index in [1.54, 1.807) is 11.3 Å². The van der Waals surface area contributed by atoms with E-state index in [1.165, 1.54) is 11.1 Å². The molecule has 0 N–H and O–H groups in total. The lowest BCUT2D eigenvalue weighted by atomic mass is 10.1. The van der Waals surface area contributed by atoms with E-state index in [-0.39, 0.29) is 5.78 Å². The molecule has 0 radical (unpaired) electrons. The second kappa shape index (κ2) is 5.54. The third-order valence-electron chi connectivity index (χ3n) is 2.66. The molecule has 0 atom stereocenters. The maximum atomic E-state index is 12.0. The Morgan fingerprint density at radius 2 is 2.06 bits per heavy atom. The first-order chi connectivity index (χ1) is 7.86. The van der Waals surface area contributed by atoms with Gasteiger partial charge in [-0.15, -0.1) is 0 Å². The number of hydrogen-bond donors (Lipinski definition) is 0. The van der Waals surface area contributed by atoms with Gasteiger partial charge in [-0.25, -0.2) is 0 Å². The van der Waals surface area contributed by atoms with Gasteiger partial charge in [0.2, 0.25) is 5.78 Å². The lowest BCUT2D eigenvalue weighted by Crippen LogP contribution is -2.40. The number of rotatable bonds is 5. The predicted molar refractivity (Wildman–Crippen MR) is 74.4 cm³/mol. The predicted octanol–water partition coefficient (Wildman–Crippen LogP) is 3.11. The van der Waals surface area contributed by atoms with Crippen molar-refractivity contribution in [1.29, 1.82) is 0 Å². The van der Waals surface area contributed by atoms with Gasteiger partial charge >= 0.3 is 0 Å². The highest BCUT2D eigenvalue weighted by molar-refractivity contribution is 7.11. The van der Waals surface area contributed by atoms with Crippen LogP contribution in [-0.2, 0) is 11.2 Å². The van der Waals surface area contributed by atoms with Crippen LogP contribution in [-0.4, -0.2) is 24.0 Å². The van der Waals surface area contributed by atoms with Crippen molar-refractivity contribution in [3.63, 3.8) is 0 Å². The Kier molecular flexibility index (Phi) is 4.57. The van der Waals surface area contributed by atoms with Crippen molar-refractivity contribution in [2.75, 3.05) is 0 Å². The Balaban J connectivity index is 2.68. The summed E-state index contributed by atoms with van der Waals surface area (Å²) in [6, 6.07) is 0.